The Morgan fingerprint density at radius 1 is 1.45 bits per heavy atom. The summed E-state index contributed by atoms with van der Waals surface area (Å²) in [5.41, 5.74) is 6.36. The van der Waals surface area contributed by atoms with E-state index >= 15 is 0 Å². The Morgan fingerprint density at radius 2 is 2.27 bits per heavy atom. The highest BCUT2D eigenvalue weighted by Crippen LogP contribution is 2.31. The van der Waals surface area contributed by atoms with Crippen LogP contribution in [-0.4, -0.2) is 41.6 Å². The lowest BCUT2D eigenvalue weighted by molar-refractivity contribution is -0.383. The summed E-state index contributed by atoms with van der Waals surface area (Å²) in [5.74, 6) is -0.519. The number of morpholine rings is 1. The van der Waals surface area contributed by atoms with Gasteiger partial charge in [0.1, 0.15) is 5.52 Å². The van der Waals surface area contributed by atoms with Gasteiger partial charge in [-0.3, -0.25) is 14.9 Å². The second-order valence-corrected chi connectivity index (χ2v) is 4.97. The molecule has 0 saturated carbocycles. The van der Waals surface area contributed by atoms with Crippen LogP contribution in [0.25, 0.3) is 10.9 Å². The maximum Gasteiger partial charge on any atom is 0.295 e. The predicted octanol–water partition coefficient (Wildman–Crippen LogP) is 0.833. The average molecular weight is 302 g/mol. The molecule has 8 nitrogen and oxygen atoms in total. The molecule has 3 rings (SSSR count). The largest absolute Gasteiger partial charge is 0.367 e. The van der Waals surface area contributed by atoms with Gasteiger partial charge in [0.25, 0.3) is 5.69 Å². The minimum atomic E-state index is -0.685. The molecule has 1 aromatic carbocycles. The van der Waals surface area contributed by atoms with Gasteiger partial charge in [-0.05, 0) is 6.07 Å². The number of anilines is 1. The van der Waals surface area contributed by atoms with Gasteiger partial charge >= 0.3 is 0 Å². The second-order valence-electron chi connectivity index (χ2n) is 4.97. The molecule has 114 valence electrons. The van der Waals surface area contributed by atoms with Gasteiger partial charge in [-0.2, -0.15) is 0 Å². The summed E-state index contributed by atoms with van der Waals surface area (Å²) in [6.45, 7) is 1.26. The Bertz CT molecular complexity index is 749. The van der Waals surface area contributed by atoms with Crippen molar-refractivity contribution in [3.05, 3.63) is 40.6 Å². The summed E-state index contributed by atoms with van der Waals surface area (Å²) >= 11 is 0. The second kappa shape index (κ2) is 5.57. The van der Waals surface area contributed by atoms with E-state index in [1.165, 1.54) is 12.3 Å². The number of aromatic nitrogens is 1. The number of ether oxygens (including phenoxy) is 1. The van der Waals surface area contributed by atoms with Crippen LogP contribution in [0.3, 0.4) is 0 Å². The molecule has 0 spiro atoms. The lowest BCUT2D eigenvalue weighted by Gasteiger charge is -2.33. The number of rotatable bonds is 3. The number of pyridine rings is 1. The molecule has 1 aliphatic rings. The van der Waals surface area contributed by atoms with Crippen LogP contribution >= 0.6 is 0 Å². The fourth-order valence-corrected chi connectivity index (χ4v) is 2.61. The molecule has 1 aliphatic heterocycles. The first kappa shape index (κ1) is 14.2. The molecule has 2 heterocycles. The van der Waals surface area contributed by atoms with Crippen LogP contribution in [0.1, 0.15) is 0 Å². The third-order valence-corrected chi connectivity index (χ3v) is 3.65. The number of primary amides is 1. The molecule has 0 radical (unpaired) electrons. The summed E-state index contributed by atoms with van der Waals surface area (Å²) in [5, 5.41) is 11.8. The normalized spacial score (nSPS) is 18.4. The van der Waals surface area contributed by atoms with E-state index in [0.717, 1.165) is 5.69 Å². The maximum absolute atomic E-state index is 11.3. The molecule has 0 aliphatic carbocycles. The van der Waals surface area contributed by atoms with Crippen molar-refractivity contribution >= 4 is 28.2 Å². The van der Waals surface area contributed by atoms with Crippen molar-refractivity contribution < 1.29 is 14.5 Å². The number of nitro groups is 1. The standard InChI is InChI=1S/C14H14N4O4/c15-14(19)12-8-17(6-7-22-12)10-4-5-16-13-9(10)2-1-3-11(13)18(20)21/h1-5,12H,6-8H2,(H2,15,19). The fraction of sp³-hybridized carbons (Fsp3) is 0.286. The summed E-state index contributed by atoms with van der Waals surface area (Å²) < 4.78 is 5.33. The Balaban J connectivity index is 2.06. The molecule has 1 saturated heterocycles. The van der Waals surface area contributed by atoms with Crippen molar-refractivity contribution in [2.45, 2.75) is 6.10 Å². The van der Waals surface area contributed by atoms with Crippen LogP contribution in [0.5, 0.6) is 0 Å². The Morgan fingerprint density at radius 3 is 3.00 bits per heavy atom. The minimum Gasteiger partial charge on any atom is -0.367 e. The molecule has 8 heteroatoms. The number of fused-ring (bicyclic) bond motifs is 1. The van der Waals surface area contributed by atoms with Gasteiger partial charge < -0.3 is 15.4 Å². The third kappa shape index (κ3) is 2.44. The minimum absolute atomic E-state index is 0.0425. The van der Waals surface area contributed by atoms with E-state index in [-0.39, 0.29) is 5.69 Å². The molecule has 0 bridgehead atoms. The van der Waals surface area contributed by atoms with Gasteiger partial charge in [0.05, 0.1) is 18.1 Å². The number of non-ortho nitro benzene ring substituents is 1. The Labute approximate surface area is 125 Å². The number of carbonyl (C=O) groups excluding carboxylic acids is 1. The van der Waals surface area contributed by atoms with Crippen molar-refractivity contribution in [3.63, 3.8) is 0 Å². The number of amides is 1. The molecule has 1 amide bonds. The van der Waals surface area contributed by atoms with Crippen LogP contribution < -0.4 is 10.6 Å². The zero-order chi connectivity index (χ0) is 15.7. The van der Waals surface area contributed by atoms with Crippen LogP contribution in [-0.2, 0) is 9.53 Å². The van der Waals surface area contributed by atoms with E-state index in [1.807, 2.05) is 4.90 Å². The number of benzene rings is 1. The molecule has 1 fully saturated rings. The molecule has 2 aromatic rings. The number of hydrogen-bond acceptors (Lipinski definition) is 6. The highest BCUT2D eigenvalue weighted by atomic mass is 16.6. The van der Waals surface area contributed by atoms with Gasteiger partial charge in [0, 0.05) is 29.9 Å². The monoisotopic (exact) mass is 302 g/mol. The van der Waals surface area contributed by atoms with Crippen molar-refractivity contribution in [1.29, 1.82) is 0 Å². The van der Waals surface area contributed by atoms with Crippen molar-refractivity contribution in [1.82, 2.24) is 4.98 Å². The van der Waals surface area contributed by atoms with Gasteiger partial charge in [0.15, 0.2) is 6.10 Å². The molecular formula is C14H14N4O4. The first-order valence-electron chi connectivity index (χ1n) is 6.76. The predicted molar refractivity (Wildman–Crippen MR) is 79.5 cm³/mol. The van der Waals surface area contributed by atoms with Gasteiger partial charge in [-0.25, -0.2) is 4.98 Å². The highest BCUT2D eigenvalue weighted by Gasteiger charge is 2.26. The van der Waals surface area contributed by atoms with Crippen LogP contribution in [0.4, 0.5) is 11.4 Å². The maximum atomic E-state index is 11.3. The van der Waals surface area contributed by atoms with E-state index < -0.39 is 16.9 Å². The van der Waals surface area contributed by atoms with Gasteiger partial charge in [-0.15, -0.1) is 0 Å². The van der Waals surface area contributed by atoms with Crippen molar-refractivity contribution in [2.75, 3.05) is 24.6 Å². The van der Waals surface area contributed by atoms with Crippen LogP contribution in [0.2, 0.25) is 0 Å². The summed E-state index contributed by atoms with van der Waals surface area (Å²) in [4.78, 5) is 28.0. The number of nitrogens with two attached hydrogens (primary N) is 1. The smallest absolute Gasteiger partial charge is 0.295 e. The van der Waals surface area contributed by atoms with Crippen LogP contribution in [0, 0.1) is 10.1 Å². The van der Waals surface area contributed by atoms with Gasteiger partial charge in [0.2, 0.25) is 5.91 Å². The zero-order valence-corrected chi connectivity index (χ0v) is 11.6. The Hall–Kier alpha value is -2.74. The van der Waals surface area contributed by atoms with Crippen LogP contribution in [0.15, 0.2) is 30.5 Å². The topological polar surface area (TPSA) is 112 Å². The SMILES string of the molecule is NC(=O)C1CN(c2ccnc3c([N+](=O)[O-])cccc23)CCO1. The number of carbonyl (C=O) groups is 1. The lowest BCUT2D eigenvalue weighted by Crippen LogP contribution is -2.48. The molecule has 1 atom stereocenters. The highest BCUT2D eigenvalue weighted by molar-refractivity contribution is 5.97. The fourth-order valence-electron chi connectivity index (χ4n) is 2.61. The lowest BCUT2D eigenvalue weighted by atomic mass is 10.1. The summed E-state index contributed by atoms with van der Waals surface area (Å²) in [6, 6.07) is 6.59. The molecular weight excluding hydrogens is 288 g/mol. The molecule has 1 aromatic heterocycles. The van der Waals surface area contributed by atoms with Crippen molar-refractivity contribution in [3.8, 4) is 0 Å². The number of para-hydroxylation sites is 1. The van der Waals surface area contributed by atoms with E-state index in [0.29, 0.717) is 30.6 Å². The molecule has 22 heavy (non-hydrogen) atoms. The summed E-state index contributed by atoms with van der Waals surface area (Å²) in [6.07, 6.45) is 0.843. The summed E-state index contributed by atoms with van der Waals surface area (Å²) in [7, 11) is 0. The first-order chi connectivity index (χ1) is 10.6. The number of nitrogens with zero attached hydrogens (tertiary/aromatic N) is 3. The number of nitro benzene ring substituents is 1. The van der Waals surface area contributed by atoms with E-state index in [4.69, 9.17) is 10.5 Å². The average Bonchev–Trinajstić information content (AvgIpc) is 2.53. The zero-order valence-electron chi connectivity index (χ0n) is 11.6. The van der Waals surface area contributed by atoms with Crippen molar-refractivity contribution in [2.24, 2.45) is 5.73 Å². The number of hydrogen-bond donors (Lipinski definition) is 1. The third-order valence-electron chi connectivity index (χ3n) is 3.65. The first-order valence-corrected chi connectivity index (χ1v) is 6.76. The quantitative estimate of drug-likeness (QED) is 0.664. The van der Waals surface area contributed by atoms with E-state index in [9.17, 15) is 14.9 Å². The molecule has 2 N–H and O–H groups in total. The van der Waals surface area contributed by atoms with E-state index in [2.05, 4.69) is 4.98 Å². The molecule has 1 unspecified atom stereocenters. The Kier molecular flexibility index (Phi) is 3.60. The van der Waals surface area contributed by atoms with Gasteiger partial charge in [-0.1, -0.05) is 12.1 Å². The van der Waals surface area contributed by atoms with E-state index in [1.54, 1.807) is 18.2 Å².